The zero-order valence-electron chi connectivity index (χ0n) is 19.1. The number of hydrogen-bond donors (Lipinski definition) is 0. The Morgan fingerprint density at radius 1 is 0.844 bits per heavy atom. The van der Waals surface area contributed by atoms with E-state index in [2.05, 4.69) is 100 Å². The molecule has 158 valence electrons. The number of nitrogens with zero attached hydrogens (tertiary/aromatic N) is 1. The van der Waals surface area contributed by atoms with Crippen molar-refractivity contribution in [2.75, 3.05) is 0 Å². The highest BCUT2D eigenvalue weighted by atomic mass is 32.1. The first-order valence-electron chi connectivity index (χ1n) is 11.5. The molecule has 5 aromatic rings. The molecule has 0 saturated carbocycles. The lowest BCUT2D eigenvalue weighted by Crippen LogP contribution is -2.16. The van der Waals surface area contributed by atoms with E-state index in [4.69, 9.17) is 4.98 Å². The minimum Gasteiger partial charge on any atom is -0.248 e. The van der Waals surface area contributed by atoms with Gasteiger partial charge < -0.3 is 0 Å². The number of benzene rings is 3. The molecule has 32 heavy (non-hydrogen) atoms. The molecule has 0 N–H and O–H groups in total. The fraction of sp³-hybridized carbons (Fsp3) is 0.233. The number of thiophene rings is 1. The zero-order chi connectivity index (χ0) is 22.0. The maximum Gasteiger partial charge on any atom is 0.0713 e. The Labute approximate surface area is 193 Å². The Bertz CT molecular complexity index is 1500. The van der Waals surface area contributed by atoms with E-state index in [1.807, 2.05) is 11.3 Å². The van der Waals surface area contributed by atoms with Crippen molar-refractivity contribution >= 4 is 32.3 Å². The van der Waals surface area contributed by atoms with Crippen LogP contribution in [0.2, 0.25) is 0 Å². The van der Waals surface area contributed by atoms with E-state index < -0.39 is 0 Å². The van der Waals surface area contributed by atoms with Crippen molar-refractivity contribution in [3.05, 3.63) is 89.5 Å². The molecule has 2 heteroatoms. The highest BCUT2D eigenvalue weighted by Crippen LogP contribution is 2.57. The summed E-state index contributed by atoms with van der Waals surface area (Å²) in [5.74, 6) is 0.659. The third-order valence-electron chi connectivity index (χ3n) is 6.83. The normalized spacial score (nSPS) is 14.3. The molecule has 0 radical (unpaired) electrons. The summed E-state index contributed by atoms with van der Waals surface area (Å²) in [6.45, 7) is 9.29. The molecule has 0 saturated heterocycles. The summed E-state index contributed by atoms with van der Waals surface area (Å²) in [6, 6.07) is 26.7. The standard InChI is InChI=1S/C30H27NS/c1-18(2)16-19-12-14-24-20(17-19)13-15-25(31-24)21-9-7-10-23-27(21)30(3,4)28-22-8-5-6-11-26(22)32-29(23)28/h5-15,17-18H,16H2,1-4H3. The van der Waals surface area contributed by atoms with Crippen LogP contribution in [0.4, 0.5) is 0 Å². The Hall–Kier alpha value is -2.97. The van der Waals surface area contributed by atoms with Gasteiger partial charge >= 0.3 is 0 Å². The first-order valence-corrected chi connectivity index (χ1v) is 12.3. The molecule has 3 aromatic carbocycles. The lowest BCUT2D eigenvalue weighted by molar-refractivity contribution is 0.648. The predicted octanol–water partition coefficient (Wildman–Crippen LogP) is 8.62. The molecule has 0 fully saturated rings. The minimum absolute atomic E-state index is 0.0569. The molecule has 0 spiro atoms. The van der Waals surface area contributed by atoms with Gasteiger partial charge in [0.05, 0.1) is 11.2 Å². The first kappa shape index (κ1) is 19.7. The van der Waals surface area contributed by atoms with Gasteiger partial charge in [0.25, 0.3) is 0 Å². The van der Waals surface area contributed by atoms with Crippen LogP contribution >= 0.6 is 11.3 Å². The summed E-state index contributed by atoms with van der Waals surface area (Å²) >= 11 is 1.92. The quantitative estimate of drug-likeness (QED) is 0.277. The van der Waals surface area contributed by atoms with E-state index in [9.17, 15) is 0 Å². The SMILES string of the molecule is CC(C)Cc1ccc2nc(-c3cccc4c3C(C)(C)c3c-4sc4ccccc34)ccc2c1. The van der Waals surface area contributed by atoms with Crippen molar-refractivity contribution in [2.45, 2.75) is 39.5 Å². The average Bonchev–Trinajstić information content (AvgIpc) is 3.27. The minimum atomic E-state index is -0.0569. The topological polar surface area (TPSA) is 12.9 Å². The van der Waals surface area contributed by atoms with Crippen molar-refractivity contribution in [3.63, 3.8) is 0 Å². The maximum atomic E-state index is 5.12. The lowest BCUT2D eigenvalue weighted by Gasteiger charge is -2.24. The smallest absolute Gasteiger partial charge is 0.0713 e. The van der Waals surface area contributed by atoms with E-state index in [1.165, 1.54) is 48.2 Å². The van der Waals surface area contributed by atoms with Gasteiger partial charge in [-0.05, 0) is 64.2 Å². The molecule has 0 atom stereocenters. The van der Waals surface area contributed by atoms with Crippen molar-refractivity contribution in [1.29, 1.82) is 0 Å². The number of pyridine rings is 1. The van der Waals surface area contributed by atoms with Crippen LogP contribution in [0.3, 0.4) is 0 Å². The molecular weight excluding hydrogens is 406 g/mol. The monoisotopic (exact) mass is 433 g/mol. The molecule has 2 aromatic heterocycles. The molecule has 0 amide bonds. The predicted molar refractivity (Wildman–Crippen MR) is 139 cm³/mol. The van der Waals surface area contributed by atoms with E-state index in [1.54, 1.807) is 0 Å². The summed E-state index contributed by atoms with van der Waals surface area (Å²) in [4.78, 5) is 6.54. The van der Waals surface area contributed by atoms with Crippen LogP contribution in [0, 0.1) is 5.92 Å². The van der Waals surface area contributed by atoms with Crippen LogP contribution in [0.5, 0.6) is 0 Å². The molecule has 1 aliphatic carbocycles. The third kappa shape index (κ3) is 2.86. The number of fused-ring (bicyclic) bond motifs is 6. The van der Waals surface area contributed by atoms with Gasteiger partial charge in [0, 0.05) is 25.9 Å². The first-order chi connectivity index (χ1) is 15.4. The maximum absolute atomic E-state index is 5.12. The third-order valence-corrected chi connectivity index (χ3v) is 8.03. The fourth-order valence-corrected chi connectivity index (χ4v) is 6.93. The van der Waals surface area contributed by atoms with Gasteiger partial charge in [-0.2, -0.15) is 0 Å². The molecule has 1 nitrogen and oxygen atoms in total. The summed E-state index contributed by atoms with van der Waals surface area (Å²) in [5, 5.41) is 2.62. The van der Waals surface area contributed by atoms with Crippen LogP contribution in [0.15, 0.2) is 72.8 Å². The lowest BCUT2D eigenvalue weighted by atomic mass is 9.78. The van der Waals surface area contributed by atoms with E-state index in [0.717, 1.165) is 17.6 Å². The Balaban J connectivity index is 1.52. The van der Waals surface area contributed by atoms with Crippen LogP contribution in [-0.4, -0.2) is 4.98 Å². The van der Waals surface area contributed by atoms with Gasteiger partial charge in [-0.3, -0.25) is 0 Å². The van der Waals surface area contributed by atoms with E-state index in [-0.39, 0.29) is 5.41 Å². The number of hydrogen-bond acceptors (Lipinski definition) is 2. The highest BCUT2D eigenvalue weighted by Gasteiger charge is 2.40. The van der Waals surface area contributed by atoms with Crippen LogP contribution in [0.1, 0.15) is 44.4 Å². The number of rotatable bonds is 3. The van der Waals surface area contributed by atoms with Gasteiger partial charge in [-0.15, -0.1) is 11.3 Å². The summed E-state index contributed by atoms with van der Waals surface area (Å²) in [6.07, 6.45) is 1.11. The highest BCUT2D eigenvalue weighted by molar-refractivity contribution is 7.22. The number of aromatic nitrogens is 1. The van der Waals surface area contributed by atoms with Gasteiger partial charge in [-0.1, -0.05) is 76.2 Å². The van der Waals surface area contributed by atoms with E-state index >= 15 is 0 Å². The Morgan fingerprint density at radius 3 is 2.50 bits per heavy atom. The van der Waals surface area contributed by atoms with Gasteiger partial charge in [0.15, 0.2) is 0 Å². The molecule has 6 rings (SSSR count). The Morgan fingerprint density at radius 2 is 1.66 bits per heavy atom. The second kappa shape index (κ2) is 7.02. The molecule has 1 aliphatic rings. The zero-order valence-corrected chi connectivity index (χ0v) is 19.9. The van der Waals surface area contributed by atoms with Crippen molar-refractivity contribution in [2.24, 2.45) is 5.92 Å². The van der Waals surface area contributed by atoms with Crippen LogP contribution in [-0.2, 0) is 11.8 Å². The molecule has 0 unspecified atom stereocenters. The van der Waals surface area contributed by atoms with E-state index in [0.29, 0.717) is 5.92 Å². The average molecular weight is 434 g/mol. The molecule has 2 heterocycles. The summed E-state index contributed by atoms with van der Waals surface area (Å²) in [5.41, 5.74) is 8.99. The summed E-state index contributed by atoms with van der Waals surface area (Å²) in [7, 11) is 0. The molecule has 0 bridgehead atoms. The fourth-order valence-electron chi connectivity index (χ4n) is 5.53. The van der Waals surface area contributed by atoms with Gasteiger partial charge in [-0.25, -0.2) is 4.98 Å². The molecular formula is C30H27NS. The van der Waals surface area contributed by atoms with Crippen molar-refractivity contribution < 1.29 is 0 Å². The Kier molecular flexibility index (Phi) is 4.32. The molecule has 0 aliphatic heterocycles. The van der Waals surface area contributed by atoms with Crippen LogP contribution < -0.4 is 0 Å². The van der Waals surface area contributed by atoms with Crippen molar-refractivity contribution in [1.82, 2.24) is 4.98 Å². The van der Waals surface area contributed by atoms with Gasteiger partial charge in [0.2, 0.25) is 0 Å². The second-order valence-electron chi connectivity index (χ2n) is 9.98. The largest absolute Gasteiger partial charge is 0.248 e. The summed E-state index contributed by atoms with van der Waals surface area (Å²) < 4.78 is 1.38. The van der Waals surface area contributed by atoms with Crippen LogP contribution in [0.25, 0.3) is 42.7 Å². The second-order valence-corrected chi connectivity index (χ2v) is 11.0. The van der Waals surface area contributed by atoms with Crippen molar-refractivity contribution in [3.8, 4) is 21.7 Å². The van der Waals surface area contributed by atoms with Gasteiger partial charge in [0.1, 0.15) is 0 Å².